The molecule has 1 saturated heterocycles. The molecule has 0 aliphatic carbocycles. The molecule has 1 aliphatic rings. The molecule has 1 atom stereocenters. The number of nitrogens with one attached hydrogen (secondary N) is 1. The molecule has 0 bridgehead atoms. The van der Waals surface area contributed by atoms with Gasteiger partial charge in [0, 0.05) is 36.9 Å². The zero-order chi connectivity index (χ0) is 16.4. The summed E-state index contributed by atoms with van der Waals surface area (Å²) in [7, 11) is 0. The summed E-state index contributed by atoms with van der Waals surface area (Å²) in [4.78, 5) is 14.8. The molecule has 1 aliphatic heterocycles. The number of hydrogen-bond donors (Lipinski definition) is 1. The maximum atomic E-state index is 12.9. The highest BCUT2D eigenvalue weighted by atomic mass is 35.5. The monoisotopic (exact) mass is 332 g/mol. The molecule has 6 heteroatoms. The van der Waals surface area contributed by atoms with Gasteiger partial charge in [0.1, 0.15) is 5.69 Å². The summed E-state index contributed by atoms with van der Waals surface area (Å²) >= 11 is 6.33. The van der Waals surface area contributed by atoms with Crippen LogP contribution in [0.1, 0.15) is 42.0 Å². The molecule has 1 fully saturated rings. The van der Waals surface area contributed by atoms with Gasteiger partial charge in [-0.15, -0.1) is 0 Å². The zero-order valence-corrected chi connectivity index (χ0v) is 14.1. The van der Waals surface area contributed by atoms with E-state index in [1.54, 1.807) is 10.7 Å². The van der Waals surface area contributed by atoms with Crippen LogP contribution in [0.3, 0.4) is 0 Å². The largest absolute Gasteiger partial charge is 0.328 e. The number of amides is 1. The van der Waals surface area contributed by atoms with E-state index in [9.17, 15) is 4.79 Å². The van der Waals surface area contributed by atoms with E-state index in [1.165, 1.54) is 0 Å². The number of halogens is 1. The number of benzene rings is 1. The third-order valence-corrected chi connectivity index (χ3v) is 4.47. The quantitative estimate of drug-likeness (QED) is 0.940. The van der Waals surface area contributed by atoms with Crippen molar-refractivity contribution in [3.05, 3.63) is 52.8 Å². The van der Waals surface area contributed by atoms with Crippen LogP contribution < -0.4 is 5.32 Å². The highest BCUT2D eigenvalue weighted by molar-refractivity contribution is 6.31. The first-order valence-electron chi connectivity index (χ1n) is 7.89. The van der Waals surface area contributed by atoms with Crippen LogP contribution in [0.4, 0.5) is 0 Å². The van der Waals surface area contributed by atoms with Gasteiger partial charge in [0.05, 0.1) is 6.04 Å². The highest BCUT2D eigenvalue weighted by Gasteiger charge is 2.30. The zero-order valence-electron chi connectivity index (χ0n) is 13.4. The van der Waals surface area contributed by atoms with E-state index in [4.69, 9.17) is 11.6 Å². The Hall–Kier alpha value is -1.85. The van der Waals surface area contributed by atoms with Crippen molar-refractivity contribution in [3.63, 3.8) is 0 Å². The lowest BCUT2D eigenvalue weighted by molar-refractivity contribution is 0.0627. The van der Waals surface area contributed by atoms with Crippen molar-refractivity contribution in [1.82, 2.24) is 20.0 Å². The van der Waals surface area contributed by atoms with Gasteiger partial charge in [-0.2, -0.15) is 5.10 Å². The number of piperazine rings is 1. The molecule has 1 aromatic carbocycles. The van der Waals surface area contributed by atoms with Gasteiger partial charge >= 0.3 is 0 Å². The van der Waals surface area contributed by atoms with Crippen molar-refractivity contribution in [2.75, 3.05) is 19.6 Å². The van der Waals surface area contributed by atoms with Crippen LogP contribution in [-0.4, -0.2) is 40.2 Å². The first-order valence-corrected chi connectivity index (χ1v) is 8.27. The number of carbonyl (C=O) groups excluding carboxylic acids is 1. The van der Waals surface area contributed by atoms with E-state index >= 15 is 0 Å². The second kappa shape index (κ2) is 6.72. The maximum Gasteiger partial charge on any atom is 0.274 e. The lowest BCUT2D eigenvalue weighted by Gasteiger charge is -2.36. The van der Waals surface area contributed by atoms with Gasteiger partial charge in [0.2, 0.25) is 0 Å². The fraction of sp³-hybridized carbons (Fsp3) is 0.412. The molecule has 0 radical (unpaired) electrons. The van der Waals surface area contributed by atoms with Crippen molar-refractivity contribution >= 4 is 17.5 Å². The minimum atomic E-state index is -0.0749. The summed E-state index contributed by atoms with van der Waals surface area (Å²) in [5, 5.41) is 8.44. The summed E-state index contributed by atoms with van der Waals surface area (Å²) in [6, 6.07) is 9.64. The first kappa shape index (κ1) is 16.0. The first-order chi connectivity index (χ1) is 11.1. The van der Waals surface area contributed by atoms with Gasteiger partial charge in [0.15, 0.2) is 0 Å². The summed E-state index contributed by atoms with van der Waals surface area (Å²) in [6.45, 7) is 6.19. The van der Waals surface area contributed by atoms with Crippen molar-refractivity contribution in [3.8, 4) is 0 Å². The maximum absolute atomic E-state index is 12.9. The Balaban J connectivity index is 1.89. The topological polar surface area (TPSA) is 50.2 Å². The number of rotatable bonds is 3. The van der Waals surface area contributed by atoms with E-state index in [-0.39, 0.29) is 18.0 Å². The van der Waals surface area contributed by atoms with Crippen molar-refractivity contribution in [2.24, 2.45) is 0 Å². The van der Waals surface area contributed by atoms with Crippen molar-refractivity contribution in [2.45, 2.75) is 25.9 Å². The van der Waals surface area contributed by atoms with Crippen LogP contribution in [0, 0.1) is 0 Å². The Bertz CT molecular complexity index is 697. The summed E-state index contributed by atoms with van der Waals surface area (Å²) in [5.74, 6) is -0.0455. The van der Waals surface area contributed by atoms with Gasteiger partial charge in [-0.25, -0.2) is 0 Å². The summed E-state index contributed by atoms with van der Waals surface area (Å²) < 4.78 is 1.81. The predicted molar refractivity (Wildman–Crippen MR) is 90.7 cm³/mol. The van der Waals surface area contributed by atoms with Crippen LogP contribution >= 0.6 is 11.6 Å². The SMILES string of the molecule is CC(C)n1ccc(C(=O)N2CCNCC2c2ccccc2Cl)n1. The third-order valence-electron chi connectivity index (χ3n) is 4.13. The molecular weight excluding hydrogens is 312 g/mol. The normalized spacial score (nSPS) is 18.4. The average molecular weight is 333 g/mol. The van der Waals surface area contributed by atoms with Gasteiger partial charge in [0.25, 0.3) is 5.91 Å². The van der Waals surface area contributed by atoms with E-state index in [0.29, 0.717) is 23.8 Å². The molecule has 3 rings (SSSR count). The third kappa shape index (κ3) is 3.26. The molecule has 2 heterocycles. The number of aromatic nitrogens is 2. The lowest BCUT2D eigenvalue weighted by Crippen LogP contribution is -2.48. The van der Waals surface area contributed by atoms with Gasteiger partial charge < -0.3 is 10.2 Å². The minimum Gasteiger partial charge on any atom is -0.328 e. The Kier molecular flexibility index (Phi) is 4.68. The van der Waals surface area contributed by atoms with Gasteiger partial charge in [-0.1, -0.05) is 29.8 Å². The summed E-state index contributed by atoms with van der Waals surface area (Å²) in [6.07, 6.45) is 1.85. The van der Waals surface area contributed by atoms with Crippen molar-refractivity contribution < 1.29 is 4.79 Å². The molecule has 0 spiro atoms. The van der Waals surface area contributed by atoms with E-state index in [0.717, 1.165) is 12.1 Å². The average Bonchev–Trinajstić information content (AvgIpc) is 3.05. The number of carbonyl (C=O) groups is 1. The molecule has 1 unspecified atom stereocenters. The highest BCUT2D eigenvalue weighted by Crippen LogP contribution is 2.29. The van der Waals surface area contributed by atoms with Crippen LogP contribution in [0.2, 0.25) is 5.02 Å². The fourth-order valence-corrected chi connectivity index (χ4v) is 3.12. The van der Waals surface area contributed by atoms with Crippen LogP contribution in [0.15, 0.2) is 36.5 Å². The standard InChI is InChI=1S/C17H21ClN4O/c1-12(2)22-9-7-15(20-22)17(23)21-10-8-19-11-16(21)13-5-3-4-6-14(13)18/h3-7,9,12,16,19H,8,10-11H2,1-2H3. The van der Waals surface area contributed by atoms with E-state index < -0.39 is 0 Å². The molecule has 1 aromatic heterocycles. The lowest BCUT2D eigenvalue weighted by atomic mass is 10.0. The van der Waals surface area contributed by atoms with E-state index in [2.05, 4.69) is 10.4 Å². The molecule has 23 heavy (non-hydrogen) atoms. The smallest absolute Gasteiger partial charge is 0.274 e. The fourth-order valence-electron chi connectivity index (χ4n) is 2.86. The van der Waals surface area contributed by atoms with Crippen LogP contribution in [-0.2, 0) is 0 Å². The van der Waals surface area contributed by atoms with E-state index in [1.807, 2.05) is 49.2 Å². The molecule has 122 valence electrons. The van der Waals surface area contributed by atoms with Crippen molar-refractivity contribution in [1.29, 1.82) is 0 Å². The molecular formula is C17H21ClN4O. The molecule has 1 N–H and O–H groups in total. The Labute approximate surface area is 141 Å². The Morgan fingerprint density at radius 3 is 2.83 bits per heavy atom. The number of nitrogens with zero attached hydrogens (tertiary/aromatic N) is 3. The molecule has 1 amide bonds. The Morgan fingerprint density at radius 1 is 1.35 bits per heavy atom. The van der Waals surface area contributed by atoms with Crippen LogP contribution in [0.5, 0.6) is 0 Å². The molecule has 2 aromatic rings. The molecule has 0 saturated carbocycles. The summed E-state index contributed by atoms with van der Waals surface area (Å²) in [5.41, 5.74) is 1.45. The predicted octanol–water partition coefficient (Wildman–Crippen LogP) is 2.90. The number of hydrogen-bond acceptors (Lipinski definition) is 3. The van der Waals surface area contributed by atoms with Gasteiger partial charge in [-0.05, 0) is 31.5 Å². The second-order valence-corrected chi connectivity index (χ2v) is 6.42. The second-order valence-electron chi connectivity index (χ2n) is 6.01. The Morgan fingerprint density at radius 2 is 2.13 bits per heavy atom. The van der Waals surface area contributed by atoms with Crippen LogP contribution in [0.25, 0.3) is 0 Å². The van der Waals surface area contributed by atoms with Gasteiger partial charge in [-0.3, -0.25) is 9.48 Å². The minimum absolute atomic E-state index is 0.0455. The molecule has 5 nitrogen and oxygen atoms in total.